The number of hydrogen-bond acceptors (Lipinski definition) is 5. The average Bonchev–Trinajstić information content (AvgIpc) is 3.62. The number of carboxylic acid groups (broad SMARTS) is 1. The highest BCUT2D eigenvalue weighted by Gasteiger charge is 2.21. The summed E-state index contributed by atoms with van der Waals surface area (Å²) in [5, 5.41) is 10.0. The number of nitrogens with zero attached hydrogens (tertiary/aromatic N) is 3. The molecule has 1 saturated heterocycles. The van der Waals surface area contributed by atoms with Crippen molar-refractivity contribution < 1.29 is 23.8 Å². The van der Waals surface area contributed by atoms with Crippen LogP contribution in [0.2, 0.25) is 5.02 Å². The smallest absolute Gasteiger partial charge is 0.335 e. The van der Waals surface area contributed by atoms with Gasteiger partial charge in [0, 0.05) is 35.2 Å². The van der Waals surface area contributed by atoms with Crippen LogP contribution in [0.4, 0.5) is 4.39 Å². The van der Waals surface area contributed by atoms with Gasteiger partial charge in [0.15, 0.2) is 0 Å². The van der Waals surface area contributed by atoms with Crippen molar-refractivity contribution in [3.8, 4) is 17.1 Å². The van der Waals surface area contributed by atoms with Gasteiger partial charge < -0.3 is 19.1 Å². The quantitative estimate of drug-likeness (QED) is 0.200. The fourth-order valence-corrected chi connectivity index (χ4v) is 5.17. The number of rotatable bonds is 9. The number of alkyl halides is 1. The van der Waals surface area contributed by atoms with E-state index < -0.39 is 12.3 Å². The van der Waals surface area contributed by atoms with E-state index in [-0.39, 0.29) is 17.5 Å². The Labute approximate surface area is 241 Å². The van der Waals surface area contributed by atoms with E-state index in [0.29, 0.717) is 29.2 Å². The minimum Gasteiger partial charge on any atom is -0.478 e. The average molecular weight is 572 g/mol. The molecule has 0 aliphatic carbocycles. The van der Waals surface area contributed by atoms with Crippen molar-refractivity contribution in [1.82, 2.24) is 14.5 Å². The highest BCUT2D eigenvalue weighted by molar-refractivity contribution is 6.30. The first-order valence-corrected chi connectivity index (χ1v) is 13.8. The lowest BCUT2D eigenvalue weighted by atomic mass is 10.1. The lowest BCUT2D eigenvalue weighted by Crippen LogP contribution is -2.17. The number of fused-ring (bicyclic) bond motifs is 1. The molecule has 6 rings (SSSR count). The summed E-state index contributed by atoms with van der Waals surface area (Å²) in [6.07, 6.45) is 0.946. The summed E-state index contributed by atoms with van der Waals surface area (Å²) in [6, 6.07) is 24.6. The van der Waals surface area contributed by atoms with Gasteiger partial charge in [-0.25, -0.2) is 14.8 Å². The summed E-state index contributed by atoms with van der Waals surface area (Å²) in [7, 11) is 0. The lowest BCUT2D eigenvalue weighted by Gasteiger charge is -2.15. The molecule has 0 bridgehead atoms. The third kappa shape index (κ3) is 6.09. The molecule has 1 N–H and O–H groups in total. The molecule has 2 atom stereocenters. The van der Waals surface area contributed by atoms with Crippen LogP contribution in [0.25, 0.3) is 22.3 Å². The molecule has 208 valence electrons. The number of imidazole rings is 1. The van der Waals surface area contributed by atoms with Crippen LogP contribution in [0.15, 0.2) is 84.9 Å². The first-order chi connectivity index (χ1) is 19.9. The molecule has 0 saturated carbocycles. The molecule has 1 aliphatic rings. The maximum absolute atomic E-state index is 14.7. The van der Waals surface area contributed by atoms with Crippen molar-refractivity contribution in [3.05, 3.63) is 112 Å². The number of carboxylic acids is 1. The van der Waals surface area contributed by atoms with Crippen LogP contribution in [0.1, 0.15) is 46.5 Å². The molecule has 1 aliphatic heterocycles. The zero-order valence-corrected chi connectivity index (χ0v) is 22.8. The van der Waals surface area contributed by atoms with E-state index in [2.05, 4.69) is 9.55 Å². The van der Waals surface area contributed by atoms with Crippen LogP contribution in [0, 0.1) is 0 Å². The predicted octanol–water partition coefficient (Wildman–Crippen LogP) is 7.27. The molecule has 7 nitrogen and oxygen atoms in total. The van der Waals surface area contributed by atoms with Gasteiger partial charge in [-0.3, -0.25) is 0 Å². The van der Waals surface area contributed by atoms with Crippen LogP contribution in [0.3, 0.4) is 0 Å². The topological polar surface area (TPSA) is 86.5 Å². The summed E-state index contributed by atoms with van der Waals surface area (Å²) in [5.41, 5.74) is 4.69. The monoisotopic (exact) mass is 571 g/mol. The standard InChI is InChI=1S/C32H27ClFN3O4/c33-24-13-10-22(11-14-24)31(34)41-30-5-1-4-26(36-30)21-8-6-20(7-9-21)17-29-35-27-15-12-23(32(38)39)18-28(27)37(29)19-25-3-2-16-40-25/h1,4-15,18,25,31H,2-3,16-17,19H2,(H,38,39)/t25-,31?/m0/s1. The molecule has 1 fully saturated rings. The van der Waals surface area contributed by atoms with E-state index >= 15 is 0 Å². The largest absolute Gasteiger partial charge is 0.478 e. The molecule has 0 spiro atoms. The van der Waals surface area contributed by atoms with Gasteiger partial charge in [-0.1, -0.05) is 54.1 Å². The Morgan fingerprint density at radius 2 is 1.88 bits per heavy atom. The van der Waals surface area contributed by atoms with E-state index in [4.69, 9.17) is 26.1 Å². The Kier molecular flexibility index (Phi) is 7.67. The van der Waals surface area contributed by atoms with Gasteiger partial charge in [0.25, 0.3) is 6.36 Å². The zero-order valence-electron chi connectivity index (χ0n) is 22.0. The van der Waals surface area contributed by atoms with Gasteiger partial charge in [-0.15, -0.1) is 0 Å². The van der Waals surface area contributed by atoms with E-state index in [9.17, 15) is 14.3 Å². The summed E-state index contributed by atoms with van der Waals surface area (Å²) in [4.78, 5) is 20.9. The van der Waals surface area contributed by atoms with E-state index in [1.54, 1.807) is 54.6 Å². The molecule has 3 heterocycles. The number of halogens is 2. The fourth-order valence-electron chi connectivity index (χ4n) is 5.04. The molecule has 0 amide bonds. The second-order valence-electron chi connectivity index (χ2n) is 10.0. The first-order valence-electron chi connectivity index (χ1n) is 13.4. The van der Waals surface area contributed by atoms with E-state index in [0.717, 1.165) is 47.4 Å². The number of benzene rings is 3. The maximum atomic E-state index is 14.7. The van der Waals surface area contributed by atoms with Gasteiger partial charge in [0.2, 0.25) is 5.88 Å². The normalized spacial score (nSPS) is 15.7. The number of carbonyl (C=O) groups is 1. The van der Waals surface area contributed by atoms with Gasteiger partial charge >= 0.3 is 5.97 Å². The predicted molar refractivity (Wildman–Crippen MR) is 154 cm³/mol. The number of ether oxygens (including phenoxy) is 2. The minimum atomic E-state index is -1.67. The molecule has 1 unspecified atom stereocenters. The van der Waals surface area contributed by atoms with Gasteiger partial charge in [0.05, 0.1) is 34.9 Å². The SMILES string of the molecule is O=C(O)c1ccc2nc(Cc3ccc(-c4cccc(OC(F)c5ccc(Cl)cc5)n4)cc3)n(C[C@@H]3CCCO3)c2c1. The Morgan fingerprint density at radius 3 is 2.61 bits per heavy atom. The third-order valence-corrected chi connectivity index (χ3v) is 7.43. The van der Waals surface area contributed by atoms with Crippen molar-refractivity contribution in [2.75, 3.05) is 6.61 Å². The van der Waals surface area contributed by atoms with Crippen molar-refractivity contribution in [1.29, 1.82) is 0 Å². The van der Waals surface area contributed by atoms with Crippen molar-refractivity contribution >= 4 is 28.6 Å². The molecule has 3 aromatic carbocycles. The maximum Gasteiger partial charge on any atom is 0.335 e. The number of aromatic nitrogens is 3. The summed E-state index contributed by atoms with van der Waals surface area (Å²) in [6.45, 7) is 1.36. The van der Waals surface area contributed by atoms with Crippen molar-refractivity contribution in [2.24, 2.45) is 0 Å². The summed E-state index contributed by atoms with van der Waals surface area (Å²) >= 11 is 5.89. The van der Waals surface area contributed by atoms with Crippen molar-refractivity contribution in [2.45, 2.75) is 38.3 Å². The second kappa shape index (κ2) is 11.7. The number of hydrogen-bond donors (Lipinski definition) is 1. The van der Waals surface area contributed by atoms with Crippen molar-refractivity contribution in [3.63, 3.8) is 0 Å². The van der Waals surface area contributed by atoms with Crippen LogP contribution >= 0.6 is 11.6 Å². The lowest BCUT2D eigenvalue weighted by molar-refractivity contribution is 0.0624. The highest BCUT2D eigenvalue weighted by Crippen LogP contribution is 2.27. The number of aromatic carboxylic acids is 1. The van der Waals surface area contributed by atoms with E-state index in [1.165, 1.54) is 0 Å². The van der Waals surface area contributed by atoms with Crippen LogP contribution < -0.4 is 4.74 Å². The molecule has 2 aromatic heterocycles. The van der Waals surface area contributed by atoms with Gasteiger partial charge in [0.1, 0.15) is 5.82 Å². The molecular weight excluding hydrogens is 545 g/mol. The van der Waals surface area contributed by atoms with Crippen LogP contribution in [0.5, 0.6) is 5.88 Å². The molecule has 5 aromatic rings. The zero-order chi connectivity index (χ0) is 28.3. The number of pyridine rings is 1. The van der Waals surface area contributed by atoms with Crippen LogP contribution in [-0.4, -0.2) is 38.3 Å². The highest BCUT2D eigenvalue weighted by atomic mass is 35.5. The molecule has 0 radical (unpaired) electrons. The Hall–Kier alpha value is -4.27. The Morgan fingerprint density at radius 1 is 1.07 bits per heavy atom. The summed E-state index contributed by atoms with van der Waals surface area (Å²) in [5.74, 6) is 0.0529. The molecule has 9 heteroatoms. The summed E-state index contributed by atoms with van der Waals surface area (Å²) < 4.78 is 28.1. The van der Waals surface area contributed by atoms with Gasteiger partial charge in [-0.05, 0) is 54.8 Å². The Bertz CT molecular complexity index is 1680. The first kappa shape index (κ1) is 26.9. The second-order valence-corrected chi connectivity index (χ2v) is 10.4. The minimum absolute atomic E-state index is 0.0752. The molecular formula is C32H27ClFN3O4. The van der Waals surface area contributed by atoms with Crippen LogP contribution in [-0.2, 0) is 17.7 Å². The van der Waals surface area contributed by atoms with E-state index in [1.807, 2.05) is 30.3 Å². The van der Waals surface area contributed by atoms with Gasteiger partial charge in [-0.2, -0.15) is 4.39 Å². The third-order valence-electron chi connectivity index (χ3n) is 7.18. The molecule has 41 heavy (non-hydrogen) atoms. The Balaban J connectivity index is 1.22. The fraction of sp³-hybridized carbons (Fsp3) is 0.219.